The lowest BCUT2D eigenvalue weighted by molar-refractivity contribution is -0.215. The Hall–Kier alpha value is 0.140. The van der Waals surface area contributed by atoms with E-state index in [-0.39, 0.29) is 12.4 Å². The average Bonchev–Trinajstić information content (AvgIpc) is 2.15. The molecule has 0 spiro atoms. The Morgan fingerprint density at radius 2 is 1.47 bits per heavy atom. The Labute approximate surface area is 106 Å². The maximum absolute atomic E-state index is 4.82. The van der Waals surface area contributed by atoms with Crippen molar-refractivity contribution in [3.05, 3.63) is 0 Å². The Morgan fingerprint density at radius 3 is 1.93 bits per heavy atom. The van der Waals surface area contributed by atoms with Crippen LogP contribution in [0.15, 0.2) is 0 Å². The van der Waals surface area contributed by atoms with Crippen molar-refractivity contribution < 1.29 is 18.1 Å². The minimum Gasteiger partial charge on any atom is -1.00 e. The van der Waals surface area contributed by atoms with Crippen LogP contribution in [0.3, 0.4) is 0 Å². The maximum Gasteiger partial charge on any atom is 0.264 e. The van der Waals surface area contributed by atoms with Crippen LogP contribution in [0.25, 0.3) is 0 Å². The van der Waals surface area contributed by atoms with Crippen LogP contribution in [0.4, 0.5) is 0 Å². The summed E-state index contributed by atoms with van der Waals surface area (Å²) in [5, 5.41) is 3.75. The molecule has 0 atom stereocenters. The van der Waals surface area contributed by atoms with Gasteiger partial charge in [-0.3, -0.25) is 0 Å². The molecule has 0 rings (SSSR count). The Kier molecular flexibility index (Phi) is 16.5. The predicted octanol–water partition coefficient (Wildman–Crippen LogP) is -0.752. The number of rotatable bonds is 9. The standard InChI is InChI=1S/C11H24N2S.ClH/c1-2-3-4-5-6-7-8-9-10-13-11(12)14;/h2-10H2,1H3,(H3,12,13,14);1H. The van der Waals surface area contributed by atoms with Gasteiger partial charge >= 0.3 is 0 Å². The number of halogens is 1. The highest BCUT2D eigenvalue weighted by Crippen LogP contribution is 2.07. The molecule has 0 bridgehead atoms. The molecule has 0 saturated heterocycles. The van der Waals surface area contributed by atoms with Crippen LogP contribution >= 0.6 is 12.2 Å². The molecule has 0 radical (unpaired) electrons. The van der Waals surface area contributed by atoms with Crippen LogP contribution in [0.1, 0.15) is 58.3 Å². The first-order valence-electron chi connectivity index (χ1n) is 5.87. The van der Waals surface area contributed by atoms with Crippen molar-refractivity contribution in [2.24, 2.45) is 0 Å². The predicted molar refractivity (Wildman–Crippen MR) is 66.1 cm³/mol. The van der Waals surface area contributed by atoms with Gasteiger partial charge in [0.05, 0.1) is 0 Å². The summed E-state index contributed by atoms with van der Waals surface area (Å²) in [6, 6.07) is 0. The van der Waals surface area contributed by atoms with Crippen molar-refractivity contribution in [2.45, 2.75) is 58.3 Å². The Balaban J connectivity index is 0. The van der Waals surface area contributed by atoms with E-state index in [0.29, 0.717) is 5.11 Å². The first-order valence-corrected chi connectivity index (χ1v) is 6.28. The summed E-state index contributed by atoms with van der Waals surface area (Å²) >= 11 is 4.82. The Morgan fingerprint density at radius 1 is 1.00 bits per heavy atom. The zero-order chi connectivity index (χ0) is 10.6. The van der Waals surface area contributed by atoms with Crippen LogP contribution in [-0.4, -0.2) is 11.7 Å². The fourth-order valence-electron chi connectivity index (χ4n) is 1.49. The molecule has 92 valence electrons. The SMILES string of the molecule is CCCCCCCCCCNC([NH3+])=S.[Cl-]. The fraction of sp³-hybridized carbons (Fsp3) is 0.909. The van der Waals surface area contributed by atoms with E-state index in [1.165, 1.54) is 51.4 Å². The second-order valence-electron chi connectivity index (χ2n) is 3.82. The number of unbranched alkanes of at least 4 members (excludes halogenated alkanes) is 7. The molecule has 15 heavy (non-hydrogen) atoms. The molecule has 0 amide bonds. The van der Waals surface area contributed by atoms with Crippen LogP contribution < -0.4 is 23.5 Å². The number of hydrogen-bond acceptors (Lipinski definition) is 1. The molecule has 0 aliphatic carbocycles. The quantitative estimate of drug-likeness (QED) is 0.419. The van der Waals surface area contributed by atoms with Gasteiger partial charge in [-0.1, -0.05) is 51.9 Å². The zero-order valence-corrected chi connectivity index (χ0v) is 11.4. The van der Waals surface area contributed by atoms with E-state index >= 15 is 0 Å². The summed E-state index contributed by atoms with van der Waals surface area (Å²) in [6.07, 6.45) is 10.9. The third-order valence-electron chi connectivity index (χ3n) is 2.35. The minimum atomic E-state index is 0. The number of nitrogens with one attached hydrogen (secondary N) is 1. The van der Waals surface area contributed by atoms with E-state index in [1.807, 2.05) is 0 Å². The summed E-state index contributed by atoms with van der Waals surface area (Å²) in [7, 11) is 0. The van der Waals surface area contributed by atoms with Gasteiger partial charge in [-0.25, -0.2) is 0 Å². The first kappa shape index (κ1) is 17.5. The Bertz CT molecular complexity index is 143. The summed E-state index contributed by atoms with van der Waals surface area (Å²) in [5.41, 5.74) is 3.63. The van der Waals surface area contributed by atoms with Crippen LogP contribution in [0.2, 0.25) is 0 Å². The largest absolute Gasteiger partial charge is 1.00 e. The lowest BCUT2D eigenvalue weighted by atomic mass is 10.1. The number of hydrogen-bond donors (Lipinski definition) is 2. The van der Waals surface area contributed by atoms with E-state index in [4.69, 9.17) is 12.2 Å². The van der Waals surface area contributed by atoms with E-state index in [2.05, 4.69) is 18.0 Å². The van der Waals surface area contributed by atoms with Gasteiger partial charge in [-0.15, -0.1) is 0 Å². The molecule has 0 saturated carbocycles. The van der Waals surface area contributed by atoms with Crippen LogP contribution in [0, 0.1) is 0 Å². The molecule has 0 aromatic rings. The van der Waals surface area contributed by atoms with Crippen molar-refractivity contribution in [1.82, 2.24) is 5.32 Å². The first-order chi connectivity index (χ1) is 6.77. The molecule has 0 heterocycles. The van der Waals surface area contributed by atoms with Crippen molar-refractivity contribution in [3.8, 4) is 0 Å². The smallest absolute Gasteiger partial charge is 0.264 e. The highest BCUT2D eigenvalue weighted by Gasteiger charge is 1.92. The van der Waals surface area contributed by atoms with Gasteiger partial charge in [0.25, 0.3) is 5.11 Å². The van der Waals surface area contributed by atoms with Crippen LogP contribution in [-0.2, 0) is 0 Å². The maximum atomic E-state index is 4.82. The van der Waals surface area contributed by atoms with Crippen molar-refractivity contribution in [3.63, 3.8) is 0 Å². The van der Waals surface area contributed by atoms with Crippen molar-refractivity contribution in [1.29, 1.82) is 0 Å². The molecule has 0 aromatic heterocycles. The topological polar surface area (TPSA) is 39.7 Å². The van der Waals surface area contributed by atoms with Gasteiger partial charge in [0.1, 0.15) is 0 Å². The molecular formula is C11H25ClN2S. The third-order valence-corrected chi connectivity index (χ3v) is 2.50. The zero-order valence-electron chi connectivity index (χ0n) is 9.86. The minimum absolute atomic E-state index is 0. The molecule has 0 unspecified atom stereocenters. The van der Waals surface area contributed by atoms with E-state index < -0.39 is 0 Å². The highest BCUT2D eigenvalue weighted by atomic mass is 35.5. The molecule has 0 fully saturated rings. The molecule has 0 aliphatic rings. The van der Waals surface area contributed by atoms with E-state index in [0.717, 1.165) is 6.54 Å². The van der Waals surface area contributed by atoms with Crippen LogP contribution in [0.5, 0.6) is 0 Å². The van der Waals surface area contributed by atoms with Crippen molar-refractivity contribution >= 4 is 17.3 Å². The normalized spacial score (nSPS) is 9.47. The molecule has 0 aliphatic heterocycles. The molecule has 2 nitrogen and oxygen atoms in total. The van der Waals surface area contributed by atoms with Gasteiger partial charge in [0.15, 0.2) is 0 Å². The van der Waals surface area contributed by atoms with Gasteiger partial charge in [-0.05, 0) is 6.42 Å². The van der Waals surface area contributed by atoms with E-state index in [9.17, 15) is 0 Å². The summed E-state index contributed by atoms with van der Waals surface area (Å²) in [4.78, 5) is 0. The molecule has 4 heteroatoms. The lowest BCUT2D eigenvalue weighted by Gasteiger charge is -2.02. The third kappa shape index (κ3) is 16.8. The fourth-order valence-corrected chi connectivity index (χ4v) is 1.59. The molecule has 4 N–H and O–H groups in total. The van der Waals surface area contributed by atoms with Gasteiger partial charge < -0.3 is 23.5 Å². The average molecular weight is 253 g/mol. The van der Waals surface area contributed by atoms with Gasteiger partial charge in [-0.2, -0.15) is 0 Å². The molecule has 0 aromatic carbocycles. The van der Waals surface area contributed by atoms with Gasteiger partial charge in [0, 0.05) is 18.8 Å². The van der Waals surface area contributed by atoms with Crippen molar-refractivity contribution in [2.75, 3.05) is 6.54 Å². The second-order valence-corrected chi connectivity index (χ2v) is 4.32. The molecular weight excluding hydrogens is 228 g/mol. The second kappa shape index (κ2) is 14.1. The van der Waals surface area contributed by atoms with E-state index in [1.54, 1.807) is 0 Å². The summed E-state index contributed by atoms with van der Waals surface area (Å²) in [5.74, 6) is 0. The highest BCUT2D eigenvalue weighted by molar-refractivity contribution is 7.79. The lowest BCUT2D eigenvalue weighted by Crippen LogP contribution is -3.00. The summed E-state index contributed by atoms with van der Waals surface area (Å²) in [6.45, 7) is 3.25. The van der Waals surface area contributed by atoms with Gasteiger partial charge in [0.2, 0.25) is 0 Å². The summed E-state index contributed by atoms with van der Waals surface area (Å²) < 4.78 is 0. The monoisotopic (exact) mass is 252 g/mol. The number of thiocarbonyl (C=S) groups is 1. The number of quaternary nitrogens is 1.